The maximum atomic E-state index is 11.2. The zero-order chi connectivity index (χ0) is 16.7. The van der Waals surface area contributed by atoms with Crippen molar-refractivity contribution < 1.29 is 5.11 Å². The van der Waals surface area contributed by atoms with Crippen molar-refractivity contribution in [1.82, 2.24) is 19.7 Å². The van der Waals surface area contributed by atoms with Crippen LogP contribution in [0.25, 0.3) is 11.0 Å². The van der Waals surface area contributed by atoms with E-state index in [4.69, 9.17) is 0 Å². The number of fused-ring (bicyclic) bond motifs is 2. The first-order valence-electron chi connectivity index (χ1n) is 7.96. The number of anilines is 1. The van der Waals surface area contributed by atoms with Crippen LogP contribution in [0.1, 0.15) is 24.0 Å². The molecular weight excluding hydrogens is 370 g/mol. The van der Waals surface area contributed by atoms with Crippen LogP contribution in [0.15, 0.2) is 35.2 Å². The molecule has 1 unspecified atom stereocenters. The van der Waals surface area contributed by atoms with Gasteiger partial charge in [0.15, 0.2) is 5.65 Å². The number of hydrogen-bond donors (Lipinski definition) is 2. The first kappa shape index (κ1) is 15.5. The second-order valence-corrected chi connectivity index (χ2v) is 6.98. The number of aliphatic hydroxyl groups is 1. The molecule has 1 atom stereocenters. The van der Waals surface area contributed by atoms with E-state index in [2.05, 4.69) is 42.4 Å². The maximum Gasteiger partial charge on any atom is 0.164 e. The Kier molecular flexibility index (Phi) is 3.77. The molecular formula is C17H18BrN5O. The molecule has 2 N–H and O–H groups in total. The summed E-state index contributed by atoms with van der Waals surface area (Å²) in [5, 5.41) is 19.7. The summed E-state index contributed by atoms with van der Waals surface area (Å²) in [7, 11) is 1.84. The Morgan fingerprint density at radius 2 is 2.17 bits per heavy atom. The minimum Gasteiger partial charge on any atom is -0.383 e. The van der Waals surface area contributed by atoms with Crippen LogP contribution in [-0.2, 0) is 19.1 Å². The average Bonchev–Trinajstić information content (AvgIpc) is 2.89. The molecule has 24 heavy (non-hydrogen) atoms. The third-order valence-corrected chi connectivity index (χ3v) is 5.24. The largest absolute Gasteiger partial charge is 0.383 e. The molecule has 0 spiro atoms. The van der Waals surface area contributed by atoms with Crippen LogP contribution in [-0.4, -0.2) is 31.4 Å². The molecule has 2 aromatic heterocycles. The summed E-state index contributed by atoms with van der Waals surface area (Å²) in [6, 6.07) is 8.13. The lowest BCUT2D eigenvalue weighted by molar-refractivity contribution is 0.0322. The molecule has 0 amide bonds. The van der Waals surface area contributed by atoms with Gasteiger partial charge in [0, 0.05) is 13.6 Å². The molecule has 0 saturated carbocycles. The van der Waals surface area contributed by atoms with Crippen LogP contribution in [0, 0.1) is 0 Å². The van der Waals surface area contributed by atoms with Gasteiger partial charge in [-0.15, -0.1) is 0 Å². The third kappa shape index (κ3) is 2.48. The van der Waals surface area contributed by atoms with E-state index in [1.54, 1.807) is 4.68 Å². The van der Waals surface area contributed by atoms with Crippen LogP contribution in [0.2, 0.25) is 0 Å². The number of aryl methyl sites for hydroxylation is 2. The lowest BCUT2D eigenvalue weighted by atomic mass is 9.79. The van der Waals surface area contributed by atoms with E-state index < -0.39 is 5.60 Å². The standard InChI is InChI=1S/C17H18BrN5O/c1-23-16-13(14(18)22-23)15(20-10-21-16)19-9-17(24)8-4-6-11-5-2-3-7-12(11)17/h2-3,5,7,10,24H,4,6,8-9H2,1H3,(H,19,20,21). The van der Waals surface area contributed by atoms with E-state index in [-0.39, 0.29) is 0 Å². The predicted molar refractivity (Wildman–Crippen MR) is 95.8 cm³/mol. The number of rotatable bonds is 3. The van der Waals surface area contributed by atoms with Crippen molar-refractivity contribution in [2.75, 3.05) is 11.9 Å². The Morgan fingerprint density at radius 3 is 3.04 bits per heavy atom. The highest BCUT2D eigenvalue weighted by atomic mass is 79.9. The zero-order valence-electron chi connectivity index (χ0n) is 13.3. The summed E-state index contributed by atoms with van der Waals surface area (Å²) in [5.74, 6) is 0.677. The van der Waals surface area contributed by atoms with Crippen molar-refractivity contribution in [3.05, 3.63) is 46.3 Å². The van der Waals surface area contributed by atoms with Crippen LogP contribution in [0.4, 0.5) is 5.82 Å². The smallest absolute Gasteiger partial charge is 0.164 e. The van der Waals surface area contributed by atoms with Gasteiger partial charge >= 0.3 is 0 Å². The Morgan fingerprint density at radius 1 is 1.33 bits per heavy atom. The number of nitrogens with zero attached hydrogens (tertiary/aromatic N) is 4. The summed E-state index contributed by atoms with van der Waals surface area (Å²) < 4.78 is 2.40. The van der Waals surface area contributed by atoms with E-state index >= 15 is 0 Å². The summed E-state index contributed by atoms with van der Waals surface area (Å²) in [5.41, 5.74) is 2.10. The second kappa shape index (κ2) is 5.82. The number of halogens is 1. The van der Waals surface area contributed by atoms with Crippen molar-refractivity contribution in [3.63, 3.8) is 0 Å². The van der Waals surface area contributed by atoms with Gasteiger partial charge in [-0.3, -0.25) is 0 Å². The molecule has 0 radical (unpaired) electrons. The molecule has 0 aliphatic heterocycles. The molecule has 0 bridgehead atoms. The van der Waals surface area contributed by atoms with E-state index in [1.165, 1.54) is 11.9 Å². The predicted octanol–water partition coefficient (Wildman–Crippen LogP) is 2.76. The highest BCUT2D eigenvalue weighted by molar-refractivity contribution is 9.10. The third-order valence-electron chi connectivity index (χ3n) is 4.68. The Balaban J connectivity index is 1.67. The van der Waals surface area contributed by atoms with Gasteiger partial charge in [-0.05, 0) is 46.3 Å². The fourth-order valence-electron chi connectivity index (χ4n) is 3.49. The minimum atomic E-state index is -0.888. The summed E-state index contributed by atoms with van der Waals surface area (Å²) in [6.07, 6.45) is 4.24. The lowest BCUT2D eigenvalue weighted by Gasteiger charge is -2.34. The van der Waals surface area contributed by atoms with Crippen molar-refractivity contribution in [2.45, 2.75) is 24.9 Å². The normalized spacial score (nSPS) is 20.1. The summed E-state index contributed by atoms with van der Waals surface area (Å²) >= 11 is 3.46. The monoisotopic (exact) mass is 387 g/mol. The molecule has 3 aromatic rings. The maximum absolute atomic E-state index is 11.2. The number of aromatic nitrogens is 4. The molecule has 6 nitrogen and oxygen atoms in total. The highest BCUT2D eigenvalue weighted by Crippen LogP contribution is 2.36. The van der Waals surface area contributed by atoms with Gasteiger partial charge in [0.05, 0.1) is 5.39 Å². The van der Waals surface area contributed by atoms with Gasteiger partial charge < -0.3 is 10.4 Å². The Hall–Kier alpha value is -1.99. The topological polar surface area (TPSA) is 75.9 Å². The molecule has 7 heteroatoms. The van der Waals surface area contributed by atoms with E-state index in [9.17, 15) is 5.11 Å². The van der Waals surface area contributed by atoms with Crippen molar-refractivity contribution in [2.24, 2.45) is 7.05 Å². The van der Waals surface area contributed by atoms with Crippen LogP contribution in [0.3, 0.4) is 0 Å². The highest BCUT2D eigenvalue weighted by Gasteiger charge is 2.34. The van der Waals surface area contributed by atoms with Crippen molar-refractivity contribution in [3.8, 4) is 0 Å². The molecule has 0 saturated heterocycles. The zero-order valence-corrected chi connectivity index (χ0v) is 14.9. The first-order valence-corrected chi connectivity index (χ1v) is 8.76. The van der Waals surface area contributed by atoms with Gasteiger partial charge in [-0.2, -0.15) is 5.10 Å². The van der Waals surface area contributed by atoms with Crippen molar-refractivity contribution >= 4 is 32.8 Å². The van der Waals surface area contributed by atoms with E-state index in [0.717, 1.165) is 35.9 Å². The van der Waals surface area contributed by atoms with Gasteiger partial charge in [-0.1, -0.05) is 24.3 Å². The van der Waals surface area contributed by atoms with Gasteiger partial charge in [0.1, 0.15) is 22.3 Å². The molecule has 4 rings (SSSR count). The molecule has 1 aliphatic carbocycles. The average molecular weight is 388 g/mol. The summed E-state index contributed by atoms with van der Waals surface area (Å²) in [6.45, 7) is 0.400. The number of nitrogens with one attached hydrogen (secondary N) is 1. The fourth-order valence-corrected chi connectivity index (χ4v) is 4.09. The van der Waals surface area contributed by atoms with Crippen molar-refractivity contribution in [1.29, 1.82) is 0 Å². The van der Waals surface area contributed by atoms with Gasteiger partial charge in [-0.25, -0.2) is 14.6 Å². The summed E-state index contributed by atoms with van der Waals surface area (Å²) in [4.78, 5) is 8.60. The van der Waals surface area contributed by atoms with Crippen LogP contribution in [0.5, 0.6) is 0 Å². The molecule has 2 heterocycles. The second-order valence-electron chi connectivity index (χ2n) is 6.23. The Labute approximate surface area is 148 Å². The van der Waals surface area contributed by atoms with Crippen LogP contribution < -0.4 is 5.32 Å². The number of hydrogen-bond acceptors (Lipinski definition) is 5. The lowest BCUT2D eigenvalue weighted by Crippen LogP contribution is -2.37. The molecule has 124 valence electrons. The minimum absolute atomic E-state index is 0.400. The number of benzene rings is 1. The Bertz CT molecular complexity index is 909. The SMILES string of the molecule is Cn1nc(Br)c2c(NCC3(O)CCCc4ccccc43)ncnc21. The van der Waals surface area contributed by atoms with Gasteiger partial charge in [0.25, 0.3) is 0 Å². The van der Waals surface area contributed by atoms with Crippen LogP contribution >= 0.6 is 15.9 Å². The molecule has 1 aliphatic rings. The van der Waals surface area contributed by atoms with E-state index in [0.29, 0.717) is 17.0 Å². The fraction of sp³-hybridized carbons (Fsp3) is 0.353. The van der Waals surface area contributed by atoms with Gasteiger partial charge in [0.2, 0.25) is 0 Å². The molecule has 1 aromatic carbocycles. The quantitative estimate of drug-likeness (QED) is 0.722. The van der Waals surface area contributed by atoms with E-state index in [1.807, 2.05) is 25.2 Å². The first-order chi connectivity index (χ1) is 11.6. The molecule has 0 fully saturated rings.